The number of hydrogen-bond donors (Lipinski definition) is 1. The SMILES string of the molecule is CC(C)OC(=O)C[SH](C)(C)=O. The Morgan fingerprint density at radius 2 is 1.91 bits per heavy atom. The fraction of sp³-hybridized carbons (Fsp3) is 0.857. The maximum atomic E-state index is 11.1. The summed E-state index contributed by atoms with van der Waals surface area (Å²) >= 11 is 0. The summed E-state index contributed by atoms with van der Waals surface area (Å²) in [5, 5.41) is 0. The number of carbonyl (C=O) groups excluding carboxylic acids is 1. The highest BCUT2D eigenvalue weighted by atomic mass is 32.2. The standard InChI is InChI=1S/C7H16O3S/c1-6(2)10-7(8)5-11(3,4)9/h6,11H,5H2,1-4H3. The maximum Gasteiger partial charge on any atom is 0.316 e. The van der Waals surface area contributed by atoms with Crippen LogP contribution in [0.5, 0.6) is 0 Å². The molecule has 0 rings (SSSR count). The van der Waals surface area contributed by atoms with Gasteiger partial charge in [-0.3, -0.25) is 9.00 Å². The quantitative estimate of drug-likeness (QED) is 0.499. The zero-order valence-electron chi connectivity index (χ0n) is 7.46. The van der Waals surface area contributed by atoms with Crippen molar-refractivity contribution in [3.8, 4) is 0 Å². The van der Waals surface area contributed by atoms with Gasteiger partial charge in [-0.2, -0.15) is 0 Å². The van der Waals surface area contributed by atoms with Gasteiger partial charge in [0.25, 0.3) is 0 Å². The van der Waals surface area contributed by atoms with Crippen LogP contribution in [0.3, 0.4) is 0 Å². The molecule has 0 aliphatic carbocycles. The predicted molar refractivity (Wildman–Crippen MR) is 47.5 cm³/mol. The van der Waals surface area contributed by atoms with Crippen molar-refractivity contribution in [1.29, 1.82) is 0 Å². The second-order valence-corrected chi connectivity index (χ2v) is 6.73. The first-order valence-corrected chi connectivity index (χ1v) is 6.33. The van der Waals surface area contributed by atoms with Gasteiger partial charge in [0.15, 0.2) is 0 Å². The van der Waals surface area contributed by atoms with E-state index >= 15 is 0 Å². The first-order valence-electron chi connectivity index (χ1n) is 3.55. The van der Waals surface area contributed by atoms with Gasteiger partial charge in [0.1, 0.15) is 0 Å². The van der Waals surface area contributed by atoms with E-state index in [1.165, 1.54) is 0 Å². The van der Waals surface area contributed by atoms with Crippen molar-refractivity contribution < 1.29 is 13.7 Å². The lowest BCUT2D eigenvalue weighted by molar-refractivity contribution is -0.144. The van der Waals surface area contributed by atoms with Crippen LogP contribution >= 0.6 is 0 Å². The first-order chi connectivity index (χ1) is 4.81. The fourth-order valence-electron chi connectivity index (χ4n) is 0.611. The number of ether oxygens (including phenoxy) is 1. The Morgan fingerprint density at radius 3 is 2.18 bits per heavy atom. The minimum atomic E-state index is -2.25. The summed E-state index contributed by atoms with van der Waals surface area (Å²) < 4.78 is 15.9. The van der Waals surface area contributed by atoms with Crippen LogP contribution in [0.4, 0.5) is 0 Å². The van der Waals surface area contributed by atoms with Crippen LogP contribution in [-0.4, -0.2) is 34.5 Å². The van der Waals surface area contributed by atoms with E-state index in [9.17, 15) is 9.00 Å². The van der Waals surface area contributed by atoms with Gasteiger partial charge in [-0.1, -0.05) is 9.93 Å². The second-order valence-electron chi connectivity index (χ2n) is 3.27. The summed E-state index contributed by atoms with van der Waals surface area (Å²) in [6.45, 7) is 3.54. The highest BCUT2D eigenvalue weighted by Crippen LogP contribution is 1.96. The zero-order valence-corrected chi connectivity index (χ0v) is 8.35. The largest absolute Gasteiger partial charge is 0.462 e. The molecule has 0 aromatic rings. The molecule has 68 valence electrons. The van der Waals surface area contributed by atoms with Gasteiger partial charge in [0.05, 0.1) is 11.9 Å². The summed E-state index contributed by atoms with van der Waals surface area (Å²) in [6, 6.07) is 0. The summed E-state index contributed by atoms with van der Waals surface area (Å²) in [5.74, 6) is -0.320. The van der Waals surface area contributed by atoms with Gasteiger partial charge in [-0.05, 0) is 26.4 Å². The van der Waals surface area contributed by atoms with Gasteiger partial charge >= 0.3 is 5.97 Å². The average Bonchev–Trinajstić information content (AvgIpc) is 1.53. The van der Waals surface area contributed by atoms with Crippen molar-refractivity contribution in [3.05, 3.63) is 0 Å². The van der Waals surface area contributed by atoms with E-state index < -0.39 is 9.93 Å². The summed E-state index contributed by atoms with van der Waals surface area (Å²) in [5.41, 5.74) is 0. The molecule has 0 radical (unpaired) electrons. The van der Waals surface area contributed by atoms with Crippen LogP contribution in [0.15, 0.2) is 0 Å². The Hall–Kier alpha value is -0.380. The number of thiol groups is 1. The highest BCUT2D eigenvalue weighted by molar-refractivity contribution is 8.02. The van der Waals surface area contributed by atoms with E-state index in [4.69, 9.17) is 4.74 Å². The van der Waals surface area contributed by atoms with Crippen molar-refractivity contribution in [2.24, 2.45) is 0 Å². The number of esters is 1. The van der Waals surface area contributed by atoms with Gasteiger partial charge < -0.3 is 4.74 Å². The number of carbonyl (C=O) groups is 1. The molecule has 0 unspecified atom stereocenters. The van der Waals surface area contributed by atoms with Crippen LogP contribution < -0.4 is 0 Å². The molecule has 0 bridgehead atoms. The molecule has 0 N–H and O–H groups in total. The lowest BCUT2D eigenvalue weighted by Crippen LogP contribution is -2.24. The third-order valence-corrected chi connectivity index (χ3v) is 1.90. The Bertz CT molecular complexity index is 180. The number of rotatable bonds is 3. The lowest BCUT2D eigenvalue weighted by Gasteiger charge is -2.12. The normalized spacial score (nSPS) is 13.2. The molecule has 0 saturated heterocycles. The Morgan fingerprint density at radius 1 is 1.45 bits per heavy atom. The summed E-state index contributed by atoms with van der Waals surface area (Å²) in [7, 11) is -2.25. The Balaban J connectivity index is 3.80. The minimum Gasteiger partial charge on any atom is -0.462 e. The molecule has 3 nitrogen and oxygen atoms in total. The zero-order chi connectivity index (χ0) is 9.07. The maximum absolute atomic E-state index is 11.1. The summed E-state index contributed by atoms with van der Waals surface area (Å²) in [4.78, 5) is 10.9. The van der Waals surface area contributed by atoms with Crippen molar-refractivity contribution in [2.75, 3.05) is 18.3 Å². The van der Waals surface area contributed by atoms with Crippen LogP contribution in [0, 0.1) is 0 Å². The first kappa shape index (κ1) is 10.6. The van der Waals surface area contributed by atoms with E-state index in [2.05, 4.69) is 0 Å². The minimum absolute atomic E-state index is 0.0468. The van der Waals surface area contributed by atoms with Crippen molar-refractivity contribution >= 4 is 15.9 Å². The third-order valence-electron chi connectivity index (χ3n) is 0.877. The second kappa shape index (κ2) is 3.85. The molecule has 0 saturated carbocycles. The van der Waals surface area contributed by atoms with Gasteiger partial charge in [0, 0.05) is 0 Å². The topological polar surface area (TPSA) is 43.4 Å². The molecule has 0 spiro atoms. The van der Waals surface area contributed by atoms with E-state index in [-0.39, 0.29) is 17.8 Å². The monoisotopic (exact) mass is 180 g/mol. The van der Waals surface area contributed by atoms with Crippen LogP contribution in [0.2, 0.25) is 0 Å². The molecule has 0 aromatic heterocycles. The van der Waals surface area contributed by atoms with E-state index in [1.807, 2.05) is 0 Å². The number of hydrogen-bond acceptors (Lipinski definition) is 3. The van der Waals surface area contributed by atoms with E-state index in [1.54, 1.807) is 26.4 Å². The molecule has 0 amide bonds. The summed E-state index contributed by atoms with van der Waals surface area (Å²) in [6.07, 6.45) is 3.04. The van der Waals surface area contributed by atoms with Gasteiger partial charge in [-0.15, -0.1) is 0 Å². The molecular weight excluding hydrogens is 164 g/mol. The molecular formula is C7H16O3S. The van der Waals surface area contributed by atoms with Gasteiger partial charge in [0.2, 0.25) is 0 Å². The Labute approximate surface area is 68.5 Å². The molecule has 0 aromatic carbocycles. The smallest absolute Gasteiger partial charge is 0.316 e. The van der Waals surface area contributed by atoms with Gasteiger partial charge in [-0.25, -0.2) is 0 Å². The molecule has 0 atom stereocenters. The molecule has 0 aliphatic heterocycles. The molecule has 4 heteroatoms. The van der Waals surface area contributed by atoms with E-state index in [0.717, 1.165) is 0 Å². The van der Waals surface area contributed by atoms with Crippen molar-refractivity contribution in [1.82, 2.24) is 0 Å². The predicted octanol–water partition coefficient (Wildman–Crippen LogP) is 0.214. The highest BCUT2D eigenvalue weighted by Gasteiger charge is 2.11. The van der Waals surface area contributed by atoms with Crippen LogP contribution in [-0.2, 0) is 19.5 Å². The van der Waals surface area contributed by atoms with Crippen LogP contribution in [0.1, 0.15) is 13.8 Å². The fourth-order valence-corrected chi connectivity index (χ4v) is 1.31. The van der Waals surface area contributed by atoms with E-state index in [0.29, 0.717) is 0 Å². The van der Waals surface area contributed by atoms with Crippen molar-refractivity contribution in [3.63, 3.8) is 0 Å². The van der Waals surface area contributed by atoms with Crippen molar-refractivity contribution in [2.45, 2.75) is 20.0 Å². The average molecular weight is 180 g/mol. The Kier molecular flexibility index (Phi) is 3.72. The molecule has 11 heavy (non-hydrogen) atoms. The third kappa shape index (κ3) is 7.52. The molecule has 0 heterocycles. The van der Waals surface area contributed by atoms with Crippen LogP contribution in [0.25, 0.3) is 0 Å². The molecule has 0 fully saturated rings. The lowest BCUT2D eigenvalue weighted by atomic mass is 10.5. The molecule has 0 aliphatic rings.